The maximum absolute atomic E-state index is 13.5. The highest BCUT2D eigenvalue weighted by atomic mass is 35.5. The van der Waals surface area contributed by atoms with E-state index in [0.717, 1.165) is 12.1 Å². The van der Waals surface area contributed by atoms with E-state index >= 15 is 0 Å². The second kappa shape index (κ2) is 4.84. The average Bonchev–Trinajstić information content (AvgIpc) is 2.28. The minimum absolute atomic E-state index is 0.0625. The number of hydrogen-bond acceptors (Lipinski definition) is 3. The molecule has 0 aliphatic heterocycles. The lowest BCUT2D eigenvalue weighted by molar-refractivity contribution is 0.567. The highest BCUT2D eigenvalue weighted by Gasteiger charge is 2.24. The van der Waals surface area contributed by atoms with Crippen molar-refractivity contribution in [3.05, 3.63) is 52.5 Å². The Morgan fingerprint density at radius 1 is 1.00 bits per heavy atom. The third kappa shape index (κ3) is 2.34. The van der Waals surface area contributed by atoms with Gasteiger partial charge in [0, 0.05) is 0 Å². The van der Waals surface area contributed by atoms with Crippen molar-refractivity contribution < 1.29 is 12.8 Å². The van der Waals surface area contributed by atoms with Gasteiger partial charge in [0.25, 0.3) is 0 Å². The summed E-state index contributed by atoms with van der Waals surface area (Å²) in [5.41, 5.74) is 0. The zero-order valence-corrected chi connectivity index (χ0v) is 11.1. The number of halogens is 3. The molecule has 0 saturated carbocycles. The first-order valence-electron chi connectivity index (χ1n) is 4.74. The summed E-state index contributed by atoms with van der Waals surface area (Å²) in [4.78, 5) is 2.90. The first kappa shape index (κ1) is 13.3. The van der Waals surface area contributed by atoms with Crippen LogP contribution in [0.2, 0.25) is 10.3 Å². The van der Waals surface area contributed by atoms with Crippen LogP contribution in [0, 0.1) is 5.82 Å². The van der Waals surface area contributed by atoms with Crippen LogP contribution in [0.5, 0.6) is 0 Å². The second-order valence-corrected chi connectivity index (χ2v) is 5.99. The molecule has 0 aliphatic carbocycles. The molecule has 1 heterocycles. The highest BCUT2D eigenvalue weighted by Crippen LogP contribution is 2.28. The molecule has 0 fully saturated rings. The van der Waals surface area contributed by atoms with Crippen molar-refractivity contribution in [2.45, 2.75) is 9.79 Å². The summed E-state index contributed by atoms with van der Waals surface area (Å²) in [6.07, 6.45) is 0. The molecule has 2 aromatic rings. The molecule has 3 nitrogen and oxygen atoms in total. The van der Waals surface area contributed by atoms with Gasteiger partial charge in [-0.1, -0.05) is 35.3 Å². The topological polar surface area (TPSA) is 47.0 Å². The summed E-state index contributed by atoms with van der Waals surface area (Å²) in [7, 11) is -4.05. The van der Waals surface area contributed by atoms with Crippen LogP contribution in [0.25, 0.3) is 0 Å². The Kier molecular flexibility index (Phi) is 3.56. The Bertz CT molecular complexity index is 704. The Labute approximate surface area is 113 Å². The fraction of sp³-hybridized carbons (Fsp3) is 0. The maximum atomic E-state index is 13.5. The monoisotopic (exact) mass is 305 g/mol. The molecule has 2 rings (SSSR count). The van der Waals surface area contributed by atoms with Gasteiger partial charge in [-0.05, 0) is 24.3 Å². The van der Waals surface area contributed by atoms with Crippen molar-refractivity contribution in [3.63, 3.8) is 0 Å². The lowest BCUT2D eigenvalue weighted by atomic mass is 10.3. The van der Waals surface area contributed by atoms with Crippen molar-refractivity contribution in [2.24, 2.45) is 0 Å². The van der Waals surface area contributed by atoms with Gasteiger partial charge in [0.1, 0.15) is 25.9 Å². The van der Waals surface area contributed by atoms with Gasteiger partial charge in [-0.15, -0.1) is 0 Å². The maximum Gasteiger partial charge on any atom is 0.212 e. The first-order chi connectivity index (χ1) is 8.43. The number of nitrogens with zero attached hydrogens (tertiary/aromatic N) is 1. The van der Waals surface area contributed by atoms with Gasteiger partial charge in [-0.25, -0.2) is 17.8 Å². The molecule has 18 heavy (non-hydrogen) atoms. The van der Waals surface area contributed by atoms with Crippen LogP contribution in [-0.2, 0) is 9.84 Å². The van der Waals surface area contributed by atoms with E-state index in [1.165, 1.54) is 24.3 Å². The summed E-state index contributed by atoms with van der Waals surface area (Å²) >= 11 is 11.3. The van der Waals surface area contributed by atoms with Gasteiger partial charge in [0.2, 0.25) is 9.84 Å². The van der Waals surface area contributed by atoms with Crippen molar-refractivity contribution in [1.82, 2.24) is 4.98 Å². The molecule has 0 bridgehead atoms. The molecule has 0 saturated heterocycles. The minimum Gasteiger partial charge on any atom is -0.223 e. The van der Waals surface area contributed by atoms with Gasteiger partial charge in [-0.3, -0.25) is 0 Å². The Morgan fingerprint density at radius 3 is 2.28 bits per heavy atom. The summed E-state index contributed by atoms with van der Waals surface area (Å²) in [6.45, 7) is 0. The molecule has 0 spiro atoms. The first-order valence-corrected chi connectivity index (χ1v) is 6.98. The quantitative estimate of drug-likeness (QED) is 0.799. The number of benzene rings is 1. The Hall–Kier alpha value is -1.17. The molecule has 0 amide bonds. The zero-order chi connectivity index (χ0) is 13.3. The van der Waals surface area contributed by atoms with Crippen LogP contribution in [0.15, 0.2) is 46.2 Å². The van der Waals surface area contributed by atoms with E-state index < -0.39 is 20.5 Å². The molecule has 0 radical (unpaired) electrons. The fourth-order valence-electron chi connectivity index (χ4n) is 1.38. The van der Waals surface area contributed by atoms with Crippen molar-refractivity contribution in [3.8, 4) is 0 Å². The van der Waals surface area contributed by atoms with Crippen LogP contribution < -0.4 is 0 Å². The molecule has 1 aromatic carbocycles. The normalized spacial score (nSPS) is 11.5. The van der Waals surface area contributed by atoms with E-state index in [4.69, 9.17) is 23.2 Å². The van der Waals surface area contributed by atoms with Crippen LogP contribution in [0.3, 0.4) is 0 Å². The van der Waals surface area contributed by atoms with Crippen LogP contribution in [-0.4, -0.2) is 13.4 Å². The molecule has 0 atom stereocenters. The van der Waals surface area contributed by atoms with E-state index in [2.05, 4.69) is 4.98 Å². The molecular weight excluding hydrogens is 300 g/mol. The largest absolute Gasteiger partial charge is 0.223 e. The molecule has 1 aromatic heterocycles. The number of sulfone groups is 1. The van der Waals surface area contributed by atoms with E-state index in [1.807, 2.05) is 0 Å². The number of aromatic nitrogens is 1. The van der Waals surface area contributed by atoms with E-state index in [-0.39, 0.29) is 15.2 Å². The lowest BCUT2D eigenvalue weighted by Crippen LogP contribution is -2.06. The smallest absolute Gasteiger partial charge is 0.212 e. The van der Waals surface area contributed by atoms with Crippen LogP contribution in [0.1, 0.15) is 0 Å². The Morgan fingerprint density at radius 2 is 1.67 bits per heavy atom. The Balaban J connectivity index is 2.66. The molecule has 94 valence electrons. The van der Waals surface area contributed by atoms with Gasteiger partial charge >= 0.3 is 0 Å². The summed E-state index contributed by atoms with van der Waals surface area (Å²) < 4.78 is 37.9. The molecule has 0 unspecified atom stereocenters. The van der Waals surface area contributed by atoms with Crippen molar-refractivity contribution in [1.29, 1.82) is 0 Å². The van der Waals surface area contributed by atoms with Crippen LogP contribution >= 0.6 is 23.2 Å². The third-order valence-electron chi connectivity index (χ3n) is 2.20. The lowest BCUT2D eigenvalue weighted by Gasteiger charge is -2.06. The van der Waals surface area contributed by atoms with E-state index in [9.17, 15) is 12.8 Å². The van der Waals surface area contributed by atoms with Gasteiger partial charge in [0.05, 0.1) is 0 Å². The molecule has 0 N–H and O–H groups in total. The standard InChI is InChI=1S/C11H6Cl2FNO2S/c12-10-6-5-9(11(13)15-10)18(16,17)8-4-2-1-3-7(8)14/h1-6H. The average molecular weight is 306 g/mol. The van der Waals surface area contributed by atoms with E-state index in [1.54, 1.807) is 0 Å². The number of rotatable bonds is 2. The van der Waals surface area contributed by atoms with Crippen molar-refractivity contribution in [2.75, 3.05) is 0 Å². The van der Waals surface area contributed by atoms with Gasteiger partial charge < -0.3 is 0 Å². The highest BCUT2D eigenvalue weighted by molar-refractivity contribution is 7.91. The predicted molar refractivity (Wildman–Crippen MR) is 66.1 cm³/mol. The molecular formula is C11H6Cl2FNO2S. The SMILES string of the molecule is O=S(=O)(c1ccccc1F)c1ccc(Cl)nc1Cl. The number of pyridine rings is 1. The molecule has 7 heteroatoms. The van der Waals surface area contributed by atoms with Gasteiger partial charge in [-0.2, -0.15) is 0 Å². The summed E-state index contributed by atoms with van der Waals surface area (Å²) in [6, 6.07) is 7.52. The fourth-order valence-corrected chi connectivity index (χ4v) is 3.36. The van der Waals surface area contributed by atoms with Crippen molar-refractivity contribution >= 4 is 33.0 Å². The second-order valence-electron chi connectivity index (χ2n) is 3.36. The number of hydrogen-bond donors (Lipinski definition) is 0. The molecule has 0 aliphatic rings. The zero-order valence-electron chi connectivity index (χ0n) is 8.77. The van der Waals surface area contributed by atoms with Crippen LogP contribution in [0.4, 0.5) is 4.39 Å². The minimum atomic E-state index is -4.05. The van der Waals surface area contributed by atoms with Gasteiger partial charge in [0.15, 0.2) is 0 Å². The summed E-state index contributed by atoms with van der Waals surface area (Å²) in [5, 5.41) is -0.224. The predicted octanol–water partition coefficient (Wildman–Crippen LogP) is 3.36. The van der Waals surface area contributed by atoms with E-state index in [0.29, 0.717) is 0 Å². The summed E-state index contributed by atoms with van der Waals surface area (Å²) in [5.74, 6) is -0.844. The third-order valence-corrected chi connectivity index (χ3v) is 4.63.